The summed E-state index contributed by atoms with van der Waals surface area (Å²) in [7, 11) is 0. The van der Waals surface area contributed by atoms with E-state index in [0.29, 0.717) is 0 Å². The number of hydrogen-bond acceptors (Lipinski definition) is 0. The Labute approximate surface area is 347 Å². The van der Waals surface area contributed by atoms with Gasteiger partial charge in [0, 0.05) is 21.7 Å². The van der Waals surface area contributed by atoms with Gasteiger partial charge in [0.25, 0.3) is 0 Å². The van der Waals surface area contributed by atoms with Crippen molar-refractivity contribution in [3.05, 3.63) is 0 Å². The van der Waals surface area contributed by atoms with E-state index < -0.39 is 0 Å². The third-order valence-electron chi connectivity index (χ3n) is 0. The first-order chi connectivity index (χ1) is 0. The van der Waals surface area contributed by atoms with Crippen LogP contribution >= 0.6 is 0 Å². The summed E-state index contributed by atoms with van der Waals surface area (Å²) >= 11 is 0. The first kappa shape index (κ1) is 82.4. The molecule has 0 bridgehead atoms. The molecule has 4 nitrogen and oxygen atoms in total. The van der Waals surface area contributed by atoms with Crippen molar-refractivity contribution in [1.82, 2.24) is 0 Å². The van der Waals surface area contributed by atoms with E-state index in [1.807, 2.05) is 0 Å². The maximum Gasteiger partial charge on any atom is 1.00 e. The van der Waals surface area contributed by atoms with Crippen molar-refractivity contribution in [3.8, 4) is 0 Å². The van der Waals surface area contributed by atoms with Crippen LogP contribution in [0.1, 0.15) is 8.56 Å². The van der Waals surface area contributed by atoms with Crippen LogP contribution in [0.3, 0.4) is 0 Å². The van der Waals surface area contributed by atoms with E-state index in [4.69, 9.17) is 0 Å². The van der Waals surface area contributed by atoms with Crippen LogP contribution in [-0.4, -0.2) is 21.9 Å². The molecule has 0 saturated carbocycles. The quantitative estimate of drug-likeness (QED) is 0.380. The molecule has 0 unspecified atom stereocenters. The Hall–Kier alpha value is 10.4. The predicted octanol–water partition coefficient (Wildman–Crippen LogP) is -20.6. The van der Waals surface area contributed by atoms with Crippen LogP contribution in [0, 0.1) is 0 Å². The minimum absolute atomic E-state index is 0. The summed E-state index contributed by atoms with van der Waals surface area (Å²) in [5.41, 5.74) is 0. The zero-order valence-corrected chi connectivity index (χ0v) is 28.8. The van der Waals surface area contributed by atoms with E-state index in [9.17, 15) is 0 Å². The Balaban J connectivity index is 0. The van der Waals surface area contributed by atoms with Gasteiger partial charge in [-0.3, -0.25) is 0 Å². The molecule has 0 atom stereocenters. The second kappa shape index (κ2) is 71.1. The normalized spacial score (nSPS) is 0. The molecule has 0 aromatic rings. The fraction of sp³-hybridized carbons (Fsp3) is 0. The summed E-state index contributed by atoms with van der Waals surface area (Å²) in [6, 6.07) is 0. The second-order valence-corrected chi connectivity index (χ2v) is 0. The molecule has 0 saturated heterocycles. The Kier molecular flexibility index (Phi) is 533. The number of rotatable bonds is 0. The first-order valence-electron chi connectivity index (χ1n) is 0. The molecule has 0 aliphatic carbocycles. The average Bonchev–Trinajstić information content (AvgIpc) is 0. The van der Waals surface area contributed by atoms with Crippen molar-refractivity contribution < 1.29 is 360 Å². The molecule has 0 spiro atoms. The van der Waals surface area contributed by atoms with Gasteiger partial charge in [0.05, 0.1) is 0 Å². The Morgan fingerprint density at radius 2 is 0.364 bits per heavy atom. The van der Waals surface area contributed by atoms with Gasteiger partial charge in [-0.1, -0.05) is 0 Å². The largest absolute Gasteiger partial charge is 1.00 e. The summed E-state index contributed by atoms with van der Waals surface area (Å²) < 4.78 is 0. The Morgan fingerprint density at radius 3 is 0.364 bits per heavy atom. The molecular formula is H14K6O4Ti. The summed E-state index contributed by atoms with van der Waals surface area (Å²) in [4.78, 5) is 0. The molecule has 0 amide bonds. The maximum absolute atomic E-state index is 0. The molecule has 8 N–H and O–H groups in total. The van der Waals surface area contributed by atoms with E-state index in [1.54, 1.807) is 0 Å². The molecule has 0 aromatic heterocycles. The molecule has 0 fully saturated rings. The third kappa shape index (κ3) is 63.9. The van der Waals surface area contributed by atoms with E-state index in [2.05, 4.69) is 0 Å². The molecule has 0 radical (unpaired) electrons. The van der Waals surface area contributed by atoms with E-state index in [1.165, 1.54) is 0 Å². The van der Waals surface area contributed by atoms with Crippen molar-refractivity contribution in [2.45, 2.75) is 0 Å². The molecule has 11 heavy (non-hydrogen) atoms. The topological polar surface area (TPSA) is 126 Å². The molecule has 48 valence electrons. The van der Waals surface area contributed by atoms with Gasteiger partial charge in [0.15, 0.2) is 0 Å². The molecule has 0 aliphatic rings. The van der Waals surface area contributed by atoms with Crippen molar-refractivity contribution in [3.63, 3.8) is 0 Å². The molecule has 0 heterocycles. The van der Waals surface area contributed by atoms with Gasteiger partial charge in [-0.15, -0.1) is 0 Å². The fourth-order valence-electron chi connectivity index (χ4n) is 0. The van der Waals surface area contributed by atoms with Gasteiger partial charge >= 0.3 is 308 Å². The van der Waals surface area contributed by atoms with Gasteiger partial charge < -0.3 is 30.5 Å². The number of hydrogen-bond donors (Lipinski definition) is 0. The Bertz CT molecular complexity index is 30.5. The van der Waals surface area contributed by atoms with Gasteiger partial charge in [0.1, 0.15) is 0 Å². The zero-order valence-electron chi connectivity index (χ0n) is 14.5. The van der Waals surface area contributed by atoms with Crippen LogP contribution in [0.25, 0.3) is 0 Å². The summed E-state index contributed by atoms with van der Waals surface area (Å²) in [6.07, 6.45) is 0. The molecule has 11 heteroatoms. The standard InChI is InChI=1S/6K.4H2O.Ti.6H/h;;;;;;4*1H2;;;;;;;/q6*+1;;;;;;6*-1. The smallest absolute Gasteiger partial charge is 1.00 e. The van der Waals surface area contributed by atoms with E-state index >= 15 is 0 Å². The second-order valence-electron chi connectivity index (χ2n) is 0. The average molecular weight is 361 g/mol. The van der Waals surface area contributed by atoms with Crippen LogP contribution < -0.4 is 308 Å². The van der Waals surface area contributed by atoms with Crippen LogP contribution in [0.5, 0.6) is 0 Å². The zero-order chi connectivity index (χ0) is 0. The van der Waals surface area contributed by atoms with Crippen molar-refractivity contribution >= 4 is 0 Å². The molecular weight excluding hydrogens is 346 g/mol. The molecule has 0 aromatic carbocycles. The van der Waals surface area contributed by atoms with Gasteiger partial charge in [-0.25, -0.2) is 0 Å². The minimum atomic E-state index is 0. The Morgan fingerprint density at radius 1 is 0.364 bits per heavy atom. The van der Waals surface area contributed by atoms with Crippen LogP contribution in [0.15, 0.2) is 0 Å². The maximum atomic E-state index is 0. The van der Waals surface area contributed by atoms with Crippen LogP contribution in [0.4, 0.5) is 0 Å². The van der Waals surface area contributed by atoms with Gasteiger partial charge in [-0.05, 0) is 0 Å². The predicted molar refractivity (Wildman–Crippen MR) is 21.1 cm³/mol. The van der Waals surface area contributed by atoms with Crippen molar-refractivity contribution in [2.24, 2.45) is 0 Å². The molecule has 0 rings (SSSR count). The first-order valence-corrected chi connectivity index (χ1v) is 0. The summed E-state index contributed by atoms with van der Waals surface area (Å²) in [5, 5.41) is 0. The van der Waals surface area contributed by atoms with Crippen molar-refractivity contribution in [1.29, 1.82) is 0 Å². The summed E-state index contributed by atoms with van der Waals surface area (Å²) in [5.74, 6) is 0. The SMILES string of the molecule is O.O.O.O.[H-].[H-].[H-].[H-].[H-].[H-].[K+].[K+].[K+].[K+].[K+].[K+].[Ti]. The van der Waals surface area contributed by atoms with Crippen LogP contribution in [-0.2, 0) is 21.7 Å². The monoisotopic (exact) mass is 360 g/mol. The summed E-state index contributed by atoms with van der Waals surface area (Å²) in [6.45, 7) is 0. The van der Waals surface area contributed by atoms with Gasteiger partial charge in [-0.2, -0.15) is 0 Å². The minimum Gasteiger partial charge on any atom is -1.00 e. The van der Waals surface area contributed by atoms with Crippen molar-refractivity contribution in [2.75, 3.05) is 0 Å². The fourth-order valence-corrected chi connectivity index (χ4v) is 0. The van der Waals surface area contributed by atoms with E-state index in [0.717, 1.165) is 0 Å². The molecule has 0 aliphatic heterocycles. The van der Waals surface area contributed by atoms with E-state index in [-0.39, 0.29) is 360 Å². The van der Waals surface area contributed by atoms with Crippen LogP contribution in [0.2, 0.25) is 0 Å². The third-order valence-corrected chi connectivity index (χ3v) is 0. The van der Waals surface area contributed by atoms with Gasteiger partial charge in [0.2, 0.25) is 0 Å².